The number of nitrogens with zero attached hydrogens (tertiary/aromatic N) is 3. The van der Waals surface area contributed by atoms with Gasteiger partial charge in [-0.15, -0.1) is 0 Å². The fourth-order valence-electron chi connectivity index (χ4n) is 4.49. The Kier molecular flexibility index (Phi) is 4.39. The predicted molar refractivity (Wildman–Crippen MR) is 80.4 cm³/mol. The molecule has 0 spiro atoms. The molecule has 0 saturated heterocycles. The van der Waals surface area contributed by atoms with E-state index in [4.69, 9.17) is 0 Å². The third-order valence-corrected chi connectivity index (χ3v) is 5.39. The molecule has 0 aromatic carbocycles. The summed E-state index contributed by atoms with van der Waals surface area (Å²) in [5.41, 5.74) is 0. The van der Waals surface area contributed by atoms with Gasteiger partial charge in [-0.2, -0.15) is 5.10 Å². The Hall–Kier alpha value is -0.900. The molecule has 0 amide bonds. The van der Waals surface area contributed by atoms with E-state index in [0.29, 0.717) is 6.04 Å². The highest BCUT2D eigenvalue weighted by molar-refractivity contribution is 4.95. The van der Waals surface area contributed by atoms with Crippen molar-refractivity contribution < 1.29 is 0 Å². The Bertz CT molecular complexity index is 428. The largest absolute Gasteiger partial charge is 0.314 e. The number of likely N-dealkylation sites (N-methyl/N-ethyl adjacent to an activating group) is 1. The first-order valence-corrected chi connectivity index (χ1v) is 8.40. The van der Waals surface area contributed by atoms with Gasteiger partial charge in [-0.05, 0) is 56.9 Å². The molecule has 1 aromatic rings. The van der Waals surface area contributed by atoms with Crippen molar-refractivity contribution in [3.05, 3.63) is 12.2 Å². The minimum absolute atomic E-state index is 0.568. The molecule has 2 fully saturated rings. The molecule has 1 aromatic heterocycles. The summed E-state index contributed by atoms with van der Waals surface area (Å²) in [6.45, 7) is 6.31. The van der Waals surface area contributed by atoms with Crippen LogP contribution in [0.25, 0.3) is 0 Å². The van der Waals surface area contributed by atoms with Crippen molar-refractivity contribution in [2.45, 2.75) is 65.0 Å². The molecule has 2 bridgehead atoms. The van der Waals surface area contributed by atoms with Gasteiger partial charge in [-0.3, -0.25) is 4.68 Å². The van der Waals surface area contributed by atoms with E-state index in [9.17, 15) is 0 Å². The Balaban J connectivity index is 1.60. The number of aromatic nitrogens is 3. The van der Waals surface area contributed by atoms with Crippen LogP contribution in [0.4, 0.5) is 0 Å². The Morgan fingerprint density at radius 1 is 1.35 bits per heavy atom. The summed E-state index contributed by atoms with van der Waals surface area (Å²) in [5, 5.41) is 7.97. The molecule has 20 heavy (non-hydrogen) atoms. The molecule has 3 rings (SSSR count). The molecule has 2 saturated carbocycles. The Morgan fingerprint density at radius 3 is 2.90 bits per heavy atom. The standard InChI is InChI=1S/C16H28N4/c1-3-17-15(10-16-18-11-19-20(16)4-2)9-14-8-12-5-6-13(14)7-12/h11-15,17H,3-10H2,1-2H3. The fourth-order valence-corrected chi connectivity index (χ4v) is 4.49. The van der Waals surface area contributed by atoms with Crippen LogP contribution in [-0.4, -0.2) is 27.4 Å². The minimum atomic E-state index is 0.568. The van der Waals surface area contributed by atoms with E-state index >= 15 is 0 Å². The fraction of sp³-hybridized carbons (Fsp3) is 0.875. The highest BCUT2D eigenvalue weighted by Gasteiger charge is 2.40. The molecule has 2 aliphatic rings. The van der Waals surface area contributed by atoms with Gasteiger partial charge in [0.1, 0.15) is 12.2 Å². The van der Waals surface area contributed by atoms with E-state index in [-0.39, 0.29) is 0 Å². The molecule has 112 valence electrons. The third kappa shape index (κ3) is 2.90. The van der Waals surface area contributed by atoms with E-state index in [0.717, 1.165) is 43.1 Å². The van der Waals surface area contributed by atoms with Crippen LogP contribution in [0.5, 0.6) is 0 Å². The minimum Gasteiger partial charge on any atom is -0.314 e. The third-order valence-electron chi connectivity index (χ3n) is 5.39. The lowest BCUT2D eigenvalue weighted by atomic mass is 9.83. The lowest BCUT2D eigenvalue weighted by molar-refractivity contribution is 0.275. The maximum Gasteiger partial charge on any atom is 0.138 e. The number of nitrogens with one attached hydrogen (secondary N) is 1. The number of aryl methyl sites for hydroxylation is 1. The first kappa shape index (κ1) is 14.1. The predicted octanol–water partition coefficient (Wildman–Crippen LogP) is 2.64. The van der Waals surface area contributed by atoms with Crippen LogP contribution >= 0.6 is 0 Å². The maximum atomic E-state index is 4.44. The van der Waals surface area contributed by atoms with Gasteiger partial charge in [-0.25, -0.2) is 4.98 Å². The number of hydrogen-bond acceptors (Lipinski definition) is 3. The van der Waals surface area contributed by atoms with Gasteiger partial charge in [0.2, 0.25) is 0 Å². The van der Waals surface area contributed by atoms with Crippen LogP contribution in [-0.2, 0) is 13.0 Å². The first-order chi connectivity index (χ1) is 9.80. The second-order valence-corrected chi connectivity index (χ2v) is 6.62. The molecule has 4 nitrogen and oxygen atoms in total. The van der Waals surface area contributed by atoms with Gasteiger partial charge >= 0.3 is 0 Å². The van der Waals surface area contributed by atoms with E-state index in [2.05, 4.69) is 29.2 Å². The van der Waals surface area contributed by atoms with Gasteiger partial charge in [0.05, 0.1) is 0 Å². The monoisotopic (exact) mass is 276 g/mol. The van der Waals surface area contributed by atoms with Crippen LogP contribution in [0.2, 0.25) is 0 Å². The quantitative estimate of drug-likeness (QED) is 0.832. The van der Waals surface area contributed by atoms with Crippen molar-refractivity contribution >= 4 is 0 Å². The highest BCUT2D eigenvalue weighted by Crippen LogP contribution is 2.49. The topological polar surface area (TPSA) is 42.7 Å². The molecular formula is C16H28N4. The van der Waals surface area contributed by atoms with Crippen molar-refractivity contribution in [3.8, 4) is 0 Å². The molecule has 4 unspecified atom stereocenters. The van der Waals surface area contributed by atoms with Crippen molar-refractivity contribution in [2.24, 2.45) is 17.8 Å². The normalized spacial score (nSPS) is 30.0. The van der Waals surface area contributed by atoms with Gasteiger partial charge in [0.25, 0.3) is 0 Å². The molecule has 4 heteroatoms. The van der Waals surface area contributed by atoms with Gasteiger partial charge in [0.15, 0.2) is 0 Å². The Morgan fingerprint density at radius 2 is 2.25 bits per heavy atom. The van der Waals surface area contributed by atoms with Gasteiger partial charge < -0.3 is 5.32 Å². The molecule has 2 aliphatic carbocycles. The molecule has 4 atom stereocenters. The van der Waals surface area contributed by atoms with Crippen LogP contribution in [0.1, 0.15) is 51.8 Å². The molecule has 1 N–H and O–H groups in total. The zero-order valence-electron chi connectivity index (χ0n) is 12.9. The van der Waals surface area contributed by atoms with Crippen molar-refractivity contribution in [3.63, 3.8) is 0 Å². The summed E-state index contributed by atoms with van der Waals surface area (Å²) in [5.74, 6) is 4.16. The summed E-state index contributed by atoms with van der Waals surface area (Å²) < 4.78 is 2.03. The summed E-state index contributed by atoms with van der Waals surface area (Å²) >= 11 is 0. The molecule has 0 radical (unpaired) electrons. The maximum absolute atomic E-state index is 4.44. The SMILES string of the molecule is CCNC(Cc1ncnn1CC)CC1CC2CCC1C2. The van der Waals surface area contributed by atoms with E-state index in [1.165, 1.54) is 32.1 Å². The lowest BCUT2D eigenvalue weighted by Crippen LogP contribution is -2.35. The zero-order valence-corrected chi connectivity index (χ0v) is 12.9. The first-order valence-electron chi connectivity index (χ1n) is 8.40. The molecule has 1 heterocycles. The summed E-state index contributed by atoms with van der Waals surface area (Å²) in [4.78, 5) is 4.44. The Labute approximate surface area is 122 Å². The van der Waals surface area contributed by atoms with Crippen molar-refractivity contribution in [2.75, 3.05) is 6.54 Å². The average Bonchev–Trinajstić information content (AvgIpc) is 3.14. The second kappa shape index (κ2) is 6.25. The summed E-state index contributed by atoms with van der Waals surface area (Å²) in [6.07, 6.45) is 10.0. The average molecular weight is 276 g/mol. The van der Waals surface area contributed by atoms with Gasteiger partial charge in [-0.1, -0.05) is 13.3 Å². The van der Waals surface area contributed by atoms with E-state index in [1.807, 2.05) is 4.68 Å². The van der Waals surface area contributed by atoms with E-state index in [1.54, 1.807) is 6.33 Å². The van der Waals surface area contributed by atoms with E-state index < -0.39 is 0 Å². The van der Waals surface area contributed by atoms with Crippen LogP contribution in [0, 0.1) is 17.8 Å². The van der Waals surface area contributed by atoms with Gasteiger partial charge in [0, 0.05) is 19.0 Å². The van der Waals surface area contributed by atoms with Crippen LogP contribution in [0.15, 0.2) is 6.33 Å². The second-order valence-electron chi connectivity index (χ2n) is 6.62. The summed E-state index contributed by atoms with van der Waals surface area (Å²) in [7, 11) is 0. The highest BCUT2D eigenvalue weighted by atomic mass is 15.3. The summed E-state index contributed by atoms with van der Waals surface area (Å²) in [6, 6.07) is 0.568. The number of hydrogen-bond donors (Lipinski definition) is 1. The number of rotatable bonds is 7. The molecule has 0 aliphatic heterocycles. The lowest BCUT2D eigenvalue weighted by Gasteiger charge is -2.27. The van der Waals surface area contributed by atoms with Crippen LogP contribution in [0.3, 0.4) is 0 Å². The van der Waals surface area contributed by atoms with Crippen molar-refractivity contribution in [1.82, 2.24) is 20.1 Å². The number of fused-ring (bicyclic) bond motifs is 2. The smallest absolute Gasteiger partial charge is 0.138 e. The van der Waals surface area contributed by atoms with Crippen LogP contribution < -0.4 is 5.32 Å². The van der Waals surface area contributed by atoms with Crippen molar-refractivity contribution in [1.29, 1.82) is 0 Å². The molecular weight excluding hydrogens is 248 g/mol. The zero-order chi connectivity index (χ0) is 13.9.